The van der Waals surface area contributed by atoms with Gasteiger partial charge in [0.2, 0.25) is 0 Å². The van der Waals surface area contributed by atoms with Crippen molar-refractivity contribution in [2.24, 2.45) is 0 Å². The van der Waals surface area contributed by atoms with E-state index >= 15 is 0 Å². The SMILES string of the molecule is CCOC(=O)CC(C)NCCCCC(F)(F)F. The molecule has 1 atom stereocenters. The highest BCUT2D eigenvalue weighted by atomic mass is 19.4. The van der Waals surface area contributed by atoms with Crippen LogP contribution in [0.2, 0.25) is 0 Å². The lowest BCUT2D eigenvalue weighted by Gasteiger charge is -2.13. The normalized spacial score (nSPS) is 13.5. The Morgan fingerprint density at radius 3 is 2.53 bits per heavy atom. The largest absolute Gasteiger partial charge is 0.466 e. The highest BCUT2D eigenvalue weighted by molar-refractivity contribution is 5.69. The molecule has 3 nitrogen and oxygen atoms in total. The fraction of sp³-hybridized carbons (Fsp3) is 0.909. The van der Waals surface area contributed by atoms with E-state index in [0.717, 1.165) is 0 Å². The number of carbonyl (C=O) groups excluding carboxylic acids is 1. The number of halogens is 3. The number of carbonyl (C=O) groups is 1. The molecule has 0 saturated carbocycles. The number of nitrogens with one attached hydrogen (secondary N) is 1. The first kappa shape index (κ1) is 16.2. The minimum absolute atomic E-state index is 0.0695. The molecule has 0 spiro atoms. The first-order valence-corrected chi connectivity index (χ1v) is 5.81. The van der Waals surface area contributed by atoms with Gasteiger partial charge in [0.1, 0.15) is 0 Å². The smallest absolute Gasteiger partial charge is 0.389 e. The van der Waals surface area contributed by atoms with E-state index in [9.17, 15) is 18.0 Å². The molecule has 17 heavy (non-hydrogen) atoms. The minimum atomic E-state index is -4.07. The van der Waals surface area contributed by atoms with E-state index in [2.05, 4.69) is 5.32 Å². The molecule has 0 radical (unpaired) electrons. The molecule has 0 amide bonds. The topological polar surface area (TPSA) is 38.3 Å². The van der Waals surface area contributed by atoms with Gasteiger partial charge in [-0.3, -0.25) is 4.79 Å². The van der Waals surface area contributed by atoms with Crippen molar-refractivity contribution in [1.82, 2.24) is 5.32 Å². The van der Waals surface area contributed by atoms with Gasteiger partial charge in [0.15, 0.2) is 0 Å². The first-order chi connectivity index (χ1) is 7.85. The van der Waals surface area contributed by atoms with E-state index in [-0.39, 0.29) is 24.9 Å². The number of alkyl halides is 3. The lowest BCUT2D eigenvalue weighted by molar-refractivity contribution is -0.143. The summed E-state index contributed by atoms with van der Waals surface area (Å²) in [5.41, 5.74) is 0. The number of unbranched alkanes of at least 4 members (excludes halogenated alkanes) is 1. The molecular formula is C11H20F3NO2. The highest BCUT2D eigenvalue weighted by Crippen LogP contribution is 2.21. The van der Waals surface area contributed by atoms with Crippen LogP contribution in [-0.2, 0) is 9.53 Å². The Labute approximate surface area is 99.7 Å². The van der Waals surface area contributed by atoms with Gasteiger partial charge < -0.3 is 10.1 Å². The van der Waals surface area contributed by atoms with Crippen molar-refractivity contribution in [2.75, 3.05) is 13.2 Å². The molecule has 0 rings (SSSR count). The molecular weight excluding hydrogens is 235 g/mol. The lowest BCUT2D eigenvalue weighted by atomic mass is 10.2. The Balaban J connectivity index is 3.45. The van der Waals surface area contributed by atoms with E-state index in [1.54, 1.807) is 13.8 Å². The molecule has 0 aliphatic rings. The van der Waals surface area contributed by atoms with Gasteiger partial charge in [-0.15, -0.1) is 0 Å². The van der Waals surface area contributed by atoms with E-state index < -0.39 is 12.6 Å². The van der Waals surface area contributed by atoms with E-state index in [4.69, 9.17) is 4.74 Å². The predicted molar refractivity (Wildman–Crippen MR) is 58.6 cm³/mol. The summed E-state index contributed by atoms with van der Waals surface area (Å²) in [6.45, 7) is 4.36. The average Bonchev–Trinajstić information content (AvgIpc) is 2.15. The van der Waals surface area contributed by atoms with E-state index in [0.29, 0.717) is 19.6 Å². The summed E-state index contributed by atoms with van der Waals surface area (Å²) in [7, 11) is 0. The number of ether oxygens (including phenoxy) is 1. The van der Waals surface area contributed by atoms with Crippen LogP contribution >= 0.6 is 0 Å². The first-order valence-electron chi connectivity index (χ1n) is 5.81. The third kappa shape index (κ3) is 11.5. The van der Waals surface area contributed by atoms with Crippen LogP contribution in [0.5, 0.6) is 0 Å². The van der Waals surface area contributed by atoms with Crippen LogP contribution < -0.4 is 5.32 Å². The van der Waals surface area contributed by atoms with Gasteiger partial charge in [0.25, 0.3) is 0 Å². The summed E-state index contributed by atoms with van der Waals surface area (Å²) in [5, 5.41) is 2.99. The zero-order valence-corrected chi connectivity index (χ0v) is 10.3. The van der Waals surface area contributed by atoms with Crippen molar-refractivity contribution in [2.45, 2.75) is 51.7 Å². The van der Waals surface area contributed by atoms with Crippen molar-refractivity contribution < 1.29 is 22.7 Å². The van der Waals surface area contributed by atoms with Gasteiger partial charge >= 0.3 is 12.1 Å². The third-order valence-electron chi connectivity index (χ3n) is 2.16. The maximum absolute atomic E-state index is 11.8. The Hall–Kier alpha value is -0.780. The zero-order valence-electron chi connectivity index (χ0n) is 10.3. The maximum Gasteiger partial charge on any atom is 0.389 e. The molecule has 0 fully saturated rings. The van der Waals surface area contributed by atoms with Gasteiger partial charge in [-0.1, -0.05) is 0 Å². The second-order valence-corrected chi connectivity index (χ2v) is 3.94. The molecule has 1 unspecified atom stereocenters. The van der Waals surface area contributed by atoms with Crippen LogP contribution in [0.1, 0.15) is 39.5 Å². The van der Waals surface area contributed by atoms with Crippen LogP contribution in [0.3, 0.4) is 0 Å². The summed E-state index contributed by atoms with van der Waals surface area (Å²) in [6.07, 6.45) is -4.01. The fourth-order valence-corrected chi connectivity index (χ4v) is 1.34. The van der Waals surface area contributed by atoms with Crippen LogP contribution in [0, 0.1) is 0 Å². The zero-order chi connectivity index (χ0) is 13.3. The van der Waals surface area contributed by atoms with Crippen molar-refractivity contribution in [3.8, 4) is 0 Å². The maximum atomic E-state index is 11.8. The fourth-order valence-electron chi connectivity index (χ4n) is 1.34. The van der Waals surface area contributed by atoms with Crippen LogP contribution in [-0.4, -0.2) is 31.3 Å². The standard InChI is InChI=1S/C11H20F3NO2/c1-3-17-10(16)8-9(2)15-7-5-4-6-11(12,13)14/h9,15H,3-8H2,1-2H3. The number of hydrogen-bond acceptors (Lipinski definition) is 3. The van der Waals surface area contributed by atoms with Crippen LogP contribution in [0.25, 0.3) is 0 Å². The third-order valence-corrected chi connectivity index (χ3v) is 2.16. The summed E-state index contributed by atoms with van der Waals surface area (Å²) in [6, 6.07) is -0.0695. The Kier molecular flexibility index (Phi) is 7.95. The summed E-state index contributed by atoms with van der Waals surface area (Å²) in [5.74, 6) is -0.289. The van der Waals surface area contributed by atoms with Gasteiger partial charge in [-0.25, -0.2) is 0 Å². The van der Waals surface area contributed by atoms with Crippen molar-refractivity contribution in [1.29, 1.82) is 0 Å². The highest BCUT2D eigenvalue weighted by Gasteiger charge is 2.25. The van der Waals surface area contributed by atoms with Crippen molar-refractivity contribution in [3.05, 3.63) is 0 Å². The van der Waals surface area contributed by atoms with Gasteiger partial charge in [-0.2, -0.15) is 13.2 Å². The van der Waals surface area contributed by atoms with Crippen molar-refractivity contribution in [3.63, 3.8) is 0 Å². The monoisotopic (exact) mass is 255 g/mol. The minimum Gasteiger partial charge on any atom is -0.466 e. The molecule has 0 aliphatic carbocycles. The number of esters is 1. The van der Waals surface area contributed by atoms with Gasteiger partial charge in [-0.05, 0) is 33.2 Å². The van der Waals surface area contributed by atoms with E-state index in [1.165, 1.54) is 0 Å². The lowest BCUT2D eigenvalue weighted by Crippen LogP contribution is -2.30. The van der Waals surface area contributed by atoms with Gasteiger partial charge in [0.05, 0.1) is 13.0 Å². The molecule has 0 heterocycles. The average molecular weight is 255 g/mol. The Bertz CT molecular complexity index is 219. The van der Waals surface area contributed by atoms with Crippen LogP contribution in [0.4, 0.5) is 13.2 Å². The quantitative estimate of drug-likeness (QED) is 0.535. The van der Waals surface area contributed by atoms with Crippen molar-refractivity contribution >= 4 is 5.97 Å². The predicted octanol–water partition coefficient (Wildman–Crippen LogP) is 2.65. The molecule has 102 valence electrons. The Morgan fingerprint density at radius 1 is 1.35 bits per heavy atom. The molecule has 0 aromatic heterocycles. The summed E-state index contributed by atoms with van der Waals surface area (Å²) >= 11 is 0. The second-order valence-electron chi connectivity index (χ2n) is 3.94. The van der Waals surface area contributed by atoms with E-state index in [1.807, 2.05) is 0 Å². The molecule has 0 bridgehead atoms. The molecule has 1 N–H and O–H groups in total. The molecule has 6 heteroatoms. The summed E-state index contributed by atoms with van der Waals surface area (Å²) < 4.78 is 40.2. The van der Waals surface area contributed by atoms with Gasteiger partial charge in [0, 0.05) is 12.5 Å². The molecule has 0 aromatic carbocycles. The number of rotatable bonds is 8. The second kappa shape index (κ2) is 8.33. The molecule has 0 saturated heterocycles. The summed E-state index contributed by atoms with van der Waals surface area (Å²) in [4.78, 5) is 11.1. The van der Waals surface area contributed by atoms with Crippen LogP contribution in [0.15, 0.2) is 0 Å². The Morgan fingerprint density at radius 2 is 2.00 bits per heavy atom. The molecule has 0 aliphatic heterocycles. The molecule has 0 aromatic rings. The number of hydrogen-bond donors (Lipinski definition) is 1.